The van der Waals surface area contributed by atoms with Gasteiger partial charge in [-0.2, -0.15) is 0 Å². The number of thiazole rings is 1. The lowest BCUT2D eigenvalue weighted by molar-refractivity contribution is -0.143. The van der Waals surface area contributed by atoms with Gasteiger partial charge in [0, 0.05) is 33.8 Å². The molecular formula is C27H26N2O4S. The number of carbonyl (C=O) groups excluding carboxylic acids is 2. The van der Waals surface area contributed by atoms with Crippen LogP contribution in [0, 0.1) is 12.8 Å². The molecule has 0 saturated carbocycles. The van der Waals surface area contributed by atoms with Crippen molar-refractivity contribution in [2.24, 2.45) is 10.9 Å². The molecular weight excluding hydrogens is 448 g/mol. The maximum Gasteiger partial charge on any atom is 0.336 e. The van der Waals surface area contributed by atoms with E-state index in [0.717, 1.165) is 33.0 Å². The maximum absolute atomic E-state index is 12.9. The fraction of sp³-hybridized carbons (Fsp3) is 0.259. The van der Waals surface area contributed by atoms with Gasteiger partial charge in [-0.15, -0.1) is 11.3 Å². The quantitative estimate of drug-likeness (QED) is 0.451. The predicted molar refractivity (Wildman–Crippen MR) is 134 cm³/mol. The number of rotatable bonds is 5. The summed E-state index contributed by atoms with van der Waals surface area (Å²) in [6, 6.07) is 15.9. The monoisotopic (exact) mass is 474 g/mol. The second kappa shape index (κ2) is 9.73. The summed E-state index contributed by atoms with van der Waals surface area (Å²) in [5, 5.41) is 2.83. The molecule has 0 fully saturated rings. The maximum atomic E-state index is 12.9. The topological polar surface area (TPSA) is 77.8 Å². The Morgan fingerprint density at radius 1 is 0.971 bits per heavy atom. The third-order valence-electron chi connectivity index (χ3n) is 6.03. The summed E-state index contributed by atoms with van der Waals surface area (Å²) in [5.41, 5.74) is 6.22. The molecule has 2 unspecified atom stereocenters. The van der Waals surface area contributed by atoms with Crippen LogP contribution in [0.3, 0.4) is 0 Å². The summed E-state index contributed by atoms with van der Waals surface area (Å²) in [6.07, 6.45) is 0. The largest absolute Gasteiger partial charge is 0.468 e. The summed E-state index contributed by atoms with van der Waals surface area (Å²) >= 11 is 1.52. The molecule has 7 heteroatoms. The fourth-order valence-corrected chi connectivity index (χ4v) is 5.35. The minimum absolute atomic E-state index is 0.353. The number of esters is 2. The van der Waals surface area contributed by atoms with Crippen LogP contribution in [0.15, 0.2) is 70.2 Å². The average Bonchev–Trinajstić information content (AvgIpc) is 3.33. The number of allylic oxidation sites excluding steroid dienone is 1. The molecule has 2 heterocycles. The van der Waals surface area contributed by atoms with Crippen molar-refractivity contribution in [1.29, 1.82) is 0 Å². The number of nitrogens with zero attached hydrogens (tertiary/aromatic N) is 2. The number of aliphatic imine (C=N–C) groups is 1. The first-order valence-corrected chi connectivity index (χ1v) is 11.8. The zero-order chi connectivity index (χ0) is 24.4. The van der Waals surface area contributed by atoms with E-state index in [0.29, 0.717) is 17.0 Å². The Kier molecular flexibility index (Phi) is 6.75. The van der Waals surface area contributed by atoms with E-state index >= 15 is 0 Å². The van der Waals surface area contributed by atoms with Crippen LogP contribution in [0.4, 0.5) is 0 Å². The van der Waals surface area contributed by atoms with Gasteiger partial charge >= 0.3 is 11.9 Å². The molecule has 0 bridgehead atoms. The number of aryl methyl sites for hydroxylation is 1. The smallest absolute Gasteiger partial charge is 0.336 e. The van der Waals surface area contributed by atoms with E-state index in [2.05, 4.69) is 24.0 Å². The predicted octanol–water partition coefficient (Wildman–Crippen LogP) is 5.58. The van der Waals surface area contributed by atoms with E-state index in [9.17, 15) is 9.59 Å². The molecule has 0 spiro atoms. The van der Waals surface area contributed by atoms with Gasteiger partial charge in [0.2, 0.25) is 0 Å². The Labute approximate surface area is 203 Å². The molecule has 34 heavy (non-hydrogen) atoms. The standard InChI is InChI=1S/C27H26N2O4S/c1-15-9-8-10-18(13-15)21-14-34-25(29-21)20-12-7-6-11-19(20)24-22(26(30)32-4)16(2)28-17(3)23(24)27(31)33-5/h6-14,22,24H,1-5H3. The SMILES string of the molecule is COC(=O)C1=C(C)N=C(C)C(C(=O)OC)C1c1ccccc1-c1nc(-c2cccc(C)c2)cs1. The first kappa shape index (κ1) is 23.6. The van der Waals surface area contributed by atoms with Crippen LogP contribution in [0.1, 0.15) is 30.9 Å². The van der Waals surface area contributed by atoms with Crippen LogP contribution in [0.25, 0.3) is 21.8 Å². The lowest BCUT2D eigenvalue weighted by Gasteiger charge is -2.32. The van der Waals surface area contributed by atoms with Crippen LogP contribution in [-0.2, 0) is 19.1 Å². The third-order valence-corrected chi connectivity index (χ3v) is 6.91. The van der Waals surface area contributed by atoms with Crippen LogP contribution in [0.2, 0.25) is 0 Å². The van der Waals surface area contributed by atoms with Crippen molar-refractivity contribution in [1.82, 2.24) is 4.98 Å². The van der Waals surface area contributed by atoms with Gasteiger partial charge in [-0.25, -0.2) is 9.78 Å². The van der Waals surface area contributed by atoms with Crippen molar-refractivity contribution in [3.63, 3.8) is 0 Å². The number of ether oxygens (including phenoxy) is 2. The van der Waals surface area contributed by atoms with Gasteiger partial charge in [0.05, 0.1) is 25.5 Å². The Hall–Kier alpha value is -3.58. The first-order chi connectivity index (χ1) is 16.3. The van der Waals surface area contributed by atoms with E-state index in [1.54, 1.807) is 13.8 Å². The molecule has 2 atom stereocenters. The number of carbonyl (C=O) groups is 2. The molecule has 1 aromatic heterocycles. The van der Waals surface area contributed by atoms with Gasteiger partial charge < -0.3 is 9.47 Å². The molecule has 0 N–H and O–H groups in total. The lowest BCUT2D eigenvalue weighted by atomic mass is 9.74. The van der Waals surface area contributed by atoms with Gasteiger partial charge in [-0.3, -0.25) is 9.79 Å². The van der Waals surface area contributed by atoms with Crippen molar-refractivity contribution in [3.05, 3.63) is 76.3 Å². The van der Waals surface area contributed by atoms with Gasteiger partial charge in [-0.05, 0) is 32.4 Å². The summed E-state index contributed by atoms with van der Waals surface area (Å²) < 4.78 is 10.2. The Morgan fingerprint density at radius 3 is 2.44 bits per heavy atom. The average molecular weight is 475 g/mol. The molecule has 0 radical (unpaired) electrons. The van der Waals surface area contributed by atoms with E-state index in [-0.39, 0.29) is 0 Å². The van der Waals surface area contributed by atoms with Gasteiger partial charge in [-0.1, -0.05) is 48.0 Å². The highest BCUT2D eigenvalue weighted by molar-refractivity contribution is 7.13. The van der Waals surface area contributed by atoms with Crippen molar-refractivity contribution >= 4 is 29.0 Å². The van der Waals surface area contributed by atoms with Crippen LogP contribution >= 0.6 is 11.3 Å². The minimum Gasteiger partial charge on any atom is -0.468 e. The van der Waals surface area contributed by atoms with Gasteiger partial charge in [0.25, 0.3) is 0 Å². The zero-order valence-corrected chi connectivity index (χ0v) is 20.6. The molecule has 3 aromatic rings. The molecule has 1 aliphatic rings. The third kappa shape index (κ3) is 4.31. The second-order valence-electron chi connectivity index (χ2n) is 8.22. The molecule has 0 saturated heterocycles. The Morgan fingerprint density at radius 2 is 1.74 bits per heavy atom. The lowest BCUT2D eigenvalue weighted by Crippen LogP contribution is -2.36. The van der Waals surface area contributed by atoms with Crippen LogP contribution in [0.5, 0.6) is 0 Å². The second-order valence-corrected chi connectivity index (χ2v) is 9.08. The van der Waals surface area contributed by atoms with E-state index in [4.69, 9.17) is 14.5 Å². The van der Waals surface area contributed by atoms with Crippen molar-refractivity contribution < 1.29 is 19.1 Å². The highest BCUT2D eigenvalue weighted by Crippen LogP contribution is 2.44. The summed E-state index contributed by atoms with van der Waals surface area (Å²) in [7, 11) is 2.68. The molecule has 4 rings (SSSR count). The molecule has 0 amide bonds. The van der Waals surface area contributed by atoms with E-state index in [1.165, 1.54) is 25.6 Å². The van der Waals surface area contributed by atoms with E-state index < -0.39 is 23.8 Å². The highest BCUT2D eigenvalue weighted by Gasteiger charge is 2.43. The number of hydrogen-bond donors (Lipinski definition) is 0. The summed E-state index contributed by atoms with van der Waals surface area (Å²) in [6.45, 7) is 5.60. The van der Waals surface area contributed by atoms with Gasteiger partial charge in [0.15, 0.2) is 0 Å². The Balaban J connectivity index is 1.88. The number of hydrogen-bond acceptors (Lipinski definition) is 7. The zero-order valence-electron chi connectivity index (χ0n) is 19.8. The van der Waals surface area contributed by atoms with Crippen molar-refractivity contribution in [3.8, 4) is 21.8 Å². The van der Waals surface area contributed by atoms with E-state index in [1.807, 2.05) is 41.8 Å². The Bertz CT molecular complexity index is 1320. The molecule has 1 aliphatic heterocycles. The fourth-order valence-electron chi connectivity index (χ4n) is 4.48. The highest BCUT2D eigenvalue weighted by atomic mass is 32.1. The van der Waals surface area contributed by atoms with Crippen molar-refractivity contribution in [2.45, 2.75) is 26.7 Å². The van der Waals surface area contributed by atoms with Crippen molar-refractivity contribution in [2.75, 3.05) is 14.2 Å². The molecule has 0 aliphatic carbocycles. The molecule has 174 valence electrons. The number of benzene rings is 2. The molecule has 6 nitrogen and oxygen atoms in total. The first-order valence-electron chi connectivity index (χ1n) is 10.9. The summed E-state index contributed by atoms with van der Waals surface area (Å²) in [5.74, 6) is -2.32. The normalized spacial score (nSPS) is 17.9. The number of methoxy groups -OCH3 is 2. The summed E-state index contributed by atoms with van der Waals surface area (Å²) in [4.78, 5) is 35.2. The number of aromatic nitrogens is 1. The van der Waals surface area contributed by atoms with Crippen LogP contribution in [-0.4, -0.2) is 36.9 Å². The minimum atomic E-state index is -0.750. The van der Waals surface area contributed by atoms with Crippen LogP contribution < -0.4 is 0 Å². The molecule has 2 aromatic carbocycles. The van der Waals surface area contributed by atoms with Gasteiger partial charge in [0.1, 0.15) is 10.9 Å².